The highest BCUT2D eigenvalue weighted by Gasteiger charge is 2.29. The highest BCUT2D eigenvalue weighted by molar-refractivity contribution is 6.01. The highest BCUT2D eigenvalue weighted by atomic mass is 16.2. The zero-order valence-corrected chi connectivity index (χ0v) is 14.0. The second-order valence-electron chi connectivity index (χ2n) is 6.41. The van der Waals surface area contributed by atoms with Gasteiger partial charge in [0.15, 0.2) is 0 Å². The summed E-state index contributed by atoms with van der Waals surface area (Å²) in [6.45, 7) is 4.48. The number of rotatable bonds is 3. The molecule has 0 radical (unpaired) electrons. The average molecular weight is 327 g/mol. The molecule has 0 aliphatic carbocycles. The summed E-state index contributed by atoms with van der Waals surface area (Å²) >= 11 is 0. The third-order valence-corrected chi connectivity index (χ3v) is 4.78. The lowest BCUT2D eigenvalue weighted by Crippen LogP contribution is -2.25. The average Bonchev–Trinajstić information content (AvgIpc) is 3.15. The summed E-state index contributed by atoms with van der Waals surface area (Å²) in [7, 11) is 2.03. The zero-order valence-electron chi connectivity index (χ0n) is 14.0. The van der Waals surface area contributed by atoms with E-state index in [2.05, 4.69) is 41.5 Å². The molecule has 1 aliphatic rings. The van der Waals surface area contributed by atoms with E-state index in [4.69, 9.17) is 5.26 Å². The number of aromatic nitrogens is 1. The summed E-state index contributed by atoms with van der Waals surface area (Å²) in [5.74, 6) is -0.0341. The van der Waals surface area contributed by atoms with Crippen LogP contribution in [0.15, 0.2) is 60.8 Å². The first-order chi connectivity index (χ1) is 12.1. The smallest absolute Gasteiger partial charge is 0.254 e. The van der Waals surface area contributed by atoms with E-state index in [9.17, 15) is 4.79 Å². The van der Waals surface area contributed by atoms with Crippen molar-refractivity contribution in [3.05, 3.63) is 71.9 Å². The molecule has 1 aromatic heterocycles. The van der Waals surface area contributed by atoms with E-state index >= 15 is 0 Å². The summed E-state index contributed by atoms with van der Waals surface area (Å²) < 4.78 is 2.09. The van der Waals surface area contributed by atoms with Gasteiger partial charge < -0.3 is 9.47 Å². The number of aryl methyl sites for hydroxylation is 1. The Balaban J connectivity index is 1.79. The molecule has 0 spiro atoms. The Bertz CT molecular complexity index is 1070. The van der Waals surface area contributed by atoms with Crippen LogP contribution in [-0.4, -0.2) is 21.9 Å². The fourth-order valence-electron chi connectivity index (χ4n) is 3.48. The molecule has 3 aromatic rings. The molecular weight excluding hydrogens is 310 g/mol. The topological polar surface area (TPSA) is 49.0 Å². The Labute approximate surface area is 146 Å². The summed E-state index contributed by atoms with van der Waals surface area (Å²) in [5.41, 5.74) is 5.46. The van der Waals surface area contributed by atoms with Gasteiger partial charge in [-0.2, -0.15) is 5.26 Å². The number of hydrogen-bond donors (Lipinski definition) is 0. The van der Waals surface area contributed by atoms with Crippen molar-refractivity contribution < 1.29 is 4.79 Å². The van der Waals surface area contributed by atoms with E-state index in [-0.39, 0.29) is 12.5 Å². The molecule has 0 bridgehead atoms. The normalized spacial score (nSPS) is 13.1. The summed E-state index contributed by atoms with van der Waals surface area (Å²) in [6, 6.07) is 16.3. The first kappa shape index (κ1) is 15.2. The molecule has 0 saturated heterocycles. The van der Waals surface area contributed by atoms with Crippen LogP contribution in [-0.2, 0) is 13.6 Å². The van der Waals surface area contributed by atoms with E-state index in [1.165, 1.54) is 5.39 Å². The van der Waals surface area contributed by atoms with Crippen LogP contribution in [0.1, 0.15) is 15.9 Å². The standard InChI is InChI=1S/C21H17N3O/c1-14(11-22)12-24-13-19-17(4-3-5-18(19)21(24)25)16-7-6-15-8-9-23(2)20(15)10-16/h3-10H,1,12-13H2,2H3. The lowest BCUT2D eigenvalue weighted by atomic mass is 9.96. The van der Waals surface area contributed by atoms with Crippen molar-refractivity contribution in [3.63, 3.8) is 0 Å². The Kier molecular flexibility index (Phi) is 3.43. The monoisotopic (exact) mass is 327 g/mol. The molecule has 0 N–H and O–H groups in total. The largest absolute Gasteiger partial charge is 0.351 e. The van der Waals surface area contributed by atoms with Crippen molar-refractivity contribution in [2.75, 3.05) is 6.54 Å². The lowest BCUT2D eigenvalue weighted by Gasteiger charge is -2.14. The summed E-state index contributed by atoms with van der Waals surface area (Å²) in [5, 5.41) is 10.1. The van der Waals surface area contributed by atoms with E-state index in [0.29, 0.717) is 12.1 Å². The van der Waals surface area contributed by atoms with Crippen molar-refractivity contribution in [1.82, 2.24) is 9.47 Å². The number of fused-ring (bicyclic) bond motifs is 2. The van der Waals surface area contributed by atoms with Crippen molar-refractivity contribution in [2.24, 2.45) is 7.05 Å². The first-order valence-electron chi connectivity index (χ1n) is 8.13. The van der Waals surface area contributed by atoms with E-state index in [0.717, 1.165) is 27.8 Å². The quantitative estimate of drug-likeness (QED) is 0.685. The van der Waals surface area contributed by atoms with Crippen LogP contribution < -0.4 is 0 Å². The minimum atomic E-state index is -0.0341. The molecule has 0 atom stereocenters. The van der Waals surface area contributed by atoms with Crippen molar-refractivity contribution >= 4 is 16.8 Å². The molecule has 4 heteroatoms. The van der Waals surface area contributed by atoms with Crippen LogP contribution in [0.25, 0.3) is 22.0 Å². The molecule has 0 fully saturated rings. The lowest BCUT2D eigenvalue weighted by molar-refractivity contribution is 0.0794. The van der Waals surface area contributed by atoms with Crippen LogP contribution >= 0.6 is 0 Å². The van der Waals surface area contributed by atoms with E-state index < -0.39 is 0 Å². The van der Waals surface area contributed by atoms with Crippen LogP contribution in [0.4, 0.5) is 0 Å². The van der Waals surface area contributed by atoms with Gasteiger partial charge in [0.1, 0.15) is 0 Å². The number of amides is 1. The fourth-order valence-corrected chi connectivity index (χ4v) is 3.48. The molecule has 1 aliphatic heterocycles. The maximum Gasteiger partial charge on any atom is 0.254 e. The van der Waals surface area contributed by atoms with Crippen LogP contribution in [0.2, 0.25) is 0 Å². The Morgan fingerprint density at radius 1 is 1.24 bits per heavy atom. The second kappa shape index (κ2) is 5.64. The molecule has 1 amide bonds. The number of benzene rings is 2. The molecule has 2 heterocycles. The first-order valence-corrected chi connectivity index (χ1v) is 8.13. The van der Waals surface area contributed by atoms with Gasteiger partial charge >= 0.3 is 0 Å². The van der Waals surface area contributed by atoms with Gasteiger partial charge in [-0.3, -0.25) is 4.79 Å². The van der Waals surface area contributed by atoms with E-state index in [1.54, 1.807) is 4.90 Å². The molecule has 25 heavy (non-hydrogen) atoms. The van der Waals surface area contributed by atoms with Crippen LogP contribution in [0.5, 0.6) is 0 Å². The van der Waals surface area contributed by atoms with Gasteiger partial charge in [0.2, 0.25) is 0 Å². The summed E-state index contributed by atoms with van der Waals surface area (Å²) in [4.78, 5) is 14.3. The second-order valence-corrected chi connectivity index (χ2v) is 6.41. The van der Waals surface area contributed by atoms with Gasteiger partial charge in [-0.05, 0) is 40.3 Å². The number of nitrogens with zero attached hydrogens (tertiary/aromatic N) is 3. The molecule has 0 unspecified atom stereocenters. The molecule has 122 valence electrons. The van der Waals surface area contributed by atoms with E-state index in [1.807, 2.05) is 31.4 Å². The molecule has 4 rings (SSSR count). The van der Waals surface area contributed by atoms with Gasteiger partial charge in [0, 0.05) is 36.4 Å². The minimum Gasteiger partial charge on any atom is -0.351 e. The maximum atomic E-state index is 12.6. The van der Waals surface area contributed by atoms with Crippen molar-refractivity contribution in [3.8, 4) is 17.2 Å². The molecular formula is C21H17N3O. The predicted octanol–water partition coefficient (Wildman–Crippen LogP) is 3.88. The van der Waals surface area contributed by atoms with Crippen LogP contribution in [0.3, 0.4) is 0 Å². The van der Waals surface area contributed by atoms with Gasteiger partial charge in [0.05, 0.1) is 12.6 Å². The van der Waals surface area contributed by atoms with Gasteiger partial charge in [-0.1, -0.05) is 30.8 Å². The number of nitriles is 1. The number of carbonyl (C=O) groups is 1. The number of carbonyl (C=O) groups excluding carboxylic acids is 1. The van der Waals surface area contributed by atoms with Gasteiger partial charge in [0.25, 0.3) is 5.91 Å². The molecule has 0 saturated carbocycles. The zero-order chi connectivity index (χ0) is 17.6. The maximum absolute atomic E-state index is 12.6. The Hall–Kier alpha value is -3.32. The van der Waals surface area contributed by atoms with Crippen molar-refractivity contribution in [1.29, 1.82) is 5.26 Å². The third-order valence-electron chi connectivity index (χ3n) is 4.78. The SMILES string of the molecule is C=C(C#N)CN1Cc2c(cccc2-c2ccc3ccn(C)c3c2)C1=O. The minimum absolute atomic E-state index is 0.0341. The van der Waals surface area contributed by atoms with Crippen molar-refractivity contribution in [2.45, 2.75) is 6.54 Å². The predicted molar refractivity (Wildman–Crippen MR) is 97.8 cm³/mol. The molecule has 2 aromatic carbocycles. The number of hydrogen-bond acceptors (Lipinski definition) is 2. The van der Waals surface area contributed by atoms with Crippen LogP contribution in [0, 0.1) is 11.3 Å². The third kappa shape index (κ3) is 2.41. The highest BCUT2D eigenvalue weighted by Crippen LogP contribution is 2.34. The summed E-state index contributed by atoms with van der Waals surface area (Å²) in [6.07, 6.45) is 2.04. The molecule has 4 nitrogen and oxygen atoms in total. The van der Waals surface area contributed by atoms with Gasteiger partial charge in [-0.25, -0.2) is 0 Å². The fraction of sp³-hybridized carbons (Fsp3) is 0.143. The Morgan fingerprint density at radius 2 is 2.04 bits per heavy atom. The van der Waals surface area contributed by atoms with Gasteiger partial charge in [-0.15, -0.1) is 0 Å². The Morgan fingerprint density at radius 3 is 2.84 bits per heavy atom.